The maximum absolute atomic E-state index is 9.63. The first-order valence-electron chi connectivity index (χ1n) is 10.1. The van der Waals surface area contributed by atoms with Crippen molar-refractivity contribution in [2.24, 2.45) is 0 Å². The van der Waals surface area contributed by atoms with Gasteiger partial charge in [-0.05, 0) is 37.6 Å². The number of fused-ring (bicyclic) bond motifs is 1. The molecule has 1 aromatic carbocycles. The van der Waals surface area contributed by atoms with Crippen LogP contribution in [0.25, 0.3) is 22.2 Å². The van der Waals surface area contributed by atoms with Gasteiger partial charge in [-0.15, -0.1) is 0 Å². The molecule has 1 aliphatic heterocycles. The molecule has 32 heavy (non-hydrogen) atoms. The van der Waals surface area contributed by atoms with Gasteiger partial charge in [-0.25, -0.2) is 4.98 Å². The first-order chi connectivity index (χ1) is 15.5. The molecular weight excluding hydrogens is 447 g/mol. The minimum Gasteiger partial charge on any atom is -0.486 e. The highest BCUT2D eigenvalue weighted by molar-refractivity contribution is 6.35. The summed E-state index contributed by atoms with van der Waals surface area (Å²) in [7, 11) is 0. The van der Waals surface area contributed by atoms with E-state index in [0.29, 0.717) is 32.6 Å². The first kappa shape index (κ1) is 20.6. The fraction of sp³-hybridized carbons (Fsp3) is 0.217. The zero-order chi connectivity index (χ0) is 22.2. The number of halogens is 2. The predicted molar refractivity (Wildman–Crippen MR) is 124 cm³/mol. The molecular formula is C23H18Cl2N6O. The van der Waals surface area contributed by atoms with Crippen LogP contribution in [0.5, 0.6) is 5.75 Å². The lowest BCUT2D eigenvalue weighted by Gasteiger charge is -2.32. The molecule has 0 saturated carbocycles. The standard InChI is InChI=1S/C23H18Cl2N6O/c1-13(21-18(24)11-27-12-19(21)25)32-16-3-4-20-17(8-16)22(30-29-20)15-7-14(9-26)23(28-10-15)31-5-2-6-31/h3-4,7-8,10-13H,2,5-6H2,1H3,(H,29,30)/t13-/m1/s1. The van der Waals surface area contributed by atoms with Gasteiger partial charge in [-0.1, -0.05) is 23.2 Å². The van der Waals surface area contributed by atoms with Gasteiger partial charge in [0.1, 0.15) is 29.4 Å². The molecule has 7 nitrogen and oxygen atoms in total. The Balaban J connectivity index is 1.49. The van der Waals surface area contributed by atoms with Crippen LogP contribution in [0, 0.1) is 11.3 Å². The molecule has 0 spiro atoms. The number of aromatic nitrogens is 4. The summed E-state index contributed by atoms with van der Waals surface area (Å²) in [4.78, 5) is 10.6. The molecule has 9 heteroatoms. The van der Waals surface area contributed by atoms with Crippen molar-refractivity contribution in [3.8, 4) is 23.1 Å². The normalized spacial score (nSPS) is 14.1. The molecule has 0 amide bonds. The third-order valence-electron chi connectivity index (χ3n) is 5.56. The molecule has 5 rings (SSSR count). The lowest BCUT2D eigenvalue weighted by molar-refractivity contribution is 0.227. The molecule has 1 aliphatic rings. The van der Waals surface area contributed by atoms with Crippen LogP contribution in [0.2, 0.25) is 10.0 Å². The minimum atomic E-state index is -0.381. The third kappa shape index (κ3) is 3.62. The molecule has 1 atom stereocenters. The number of aromatic amines is 1. The maximum Gasteiger partial charge on any atom is 0.146 e. The van der Waals surface area contributed by atoms with Crippen molar-refractivity contribution >= 4 is 39.9 Å². The molecule has 1 saturated heterocycles. The highest BCUT2D eigenvalue weighted by Gasteiger charge is 2.21. The first-order valence-corrected chi connectivity index (χ1v) is 10.9. The number of nitrogens with zero attached hydrogens (tertiary/aromatic N) is 5. The van der Waals surface area contributed by atoms with Gasteiger partial charge in [0.15, 0.2) is 0 Å². The second-order valence-corrected chi connectivity index (χ2v) is 8.42. The summed E-state index contributed by atoms with van der Waals surface area (Å²) >= 11 is 12.5. The molecule has 4 aromatic rings. The molecule has 1 N–H and O–H groups in total. The summed E-state index contributed by atoms with van der Waals surface area (Å²) in [5, 5.41) is 18.9. The lowest BCUT2D eigenvalue weighted by Crippen LogP contribution is -2.38. The van der Waals surface area contributed by atoms with Crippen molar-refractivity contribution in [1.29, 1.82) is 5.26 Å². The van der Waals surface area contributed by atoms with Crippen molar-refractivity contribution in [2.45, 2.75) is 19.4 Å². The van der Waals surface area contributed by atoms with E-state index in [1.165, 1.54) is 0 Å². The van der Waals surface area contributed by atoms with E-state index in [2.05, 4.69) is 31.1 Å². The number of nitrogens with one attached hydrogen (secondary N) is 1. The summed E-state index contributed by atoms with van der Waals surface area (Å²) in [6.07, 6.45) is 5.59. The number of rotatable bonds is 5. The van der Waals surface area contributed by atoms with E-state index in [9.17, 15) is 5.26 Å². The van der Waals surface area contributed by atoms with Crippen LogP contribution in [0.4, 0.5) is 5.82 Å². The van der Waals surface area contributed by atoms with Crippen LogP contribution < -0.4 is 9.64 Å². The van der Waals surface area contributed by atoms with Crippen LogP contribution in [0.3, 0.4) is 0 Å². The van der Waals surface area contributed by atoms with Crippen molar-refractivity contribution in [3.63, 3.8) is 0 Å². The number of hydrogen-bond acceptors (Lipinski definition) is 6. The second-order valence-electron chi connectivity index (χ2n) is 7.60. The molecule has 0 radical (unpaired) electrons. The third-order valence-corrected chi connectivity index (χ3v) is 6.16. The van der Waals surface area contributed by atoms with E-state index in [0.717, 1.165) is 41.8 Å². The van der Waals surface area contributed by atoms with Gasteiger partial charge in [-0.2, -0.15) is 10.4 Å². The Hall–Kier alpha value is -3.34. The van der Waals surface area contributed by atoms with E-state index < -0.39 is 0 Å². The molecule has 0 unspecified atom stereocenters. The van der Waals surface area contributed by atoms with Gasteiger partial charge in [-0.3, -0.25) is 10.1 Å². The number of pyridine rings is 2. The Morgan fingerprint density at radius 1 is 1.16 bits per heavy atom. The number of ether oxygens (including phenoxy) is 1. The van der Waals surface area contributed by atoms with Crippen molar-refractivity contribution < 1.29 is 4.74 Å². The monoisotopic (exact) mass is 464 g/mol. The van der Waals surface area contributed by atoms with Crippen molar-refractivity contribution in [3.05, 3.63) is 64.0 Å². The smallest absolute Gasteiger partial charge is 0.146 e. The van der Waals surface area contributed by atoms with Gasteiger partial charge < -0.3 is 9.64 Å². The molecule has 0 aliphatic carbocycles. The fourth-order valence-electron chi connectivity index (χ4n) is 3.81. The van der Waals surface area contributed by atoms with Crippen LogP contribution in [-0.2, 0) is 0 Å². The number of anilines is 1. The number of hydrogen-bond donors (Lipinski definition) is 1. The van der Waals surface area contributed by atoms with Crippen LogP contribution in [-0.4, -0.2) is 33.3 Å². The van der Waals surface area contributed by atoms with Gasteiger partial charge in [0, 0.05) is 48.2 Å². The quantitative estimate of drug-likeness (QED) is 0.416. The van der Waals surface area contributed by atoms with E-state index in [1.54, 1.807) is 18.6 Å². The van der Waals surface area contributed by atoms with Gasteiger partial charge in [0.2, 0.25) is 0 Å². The summed E-state index contributed by atoms with van der Waals surface area (Å²) in [6, 6.07) is 9.76. The Morgan fingerprint density at radius 3 is 2.62 bits per heavy atom. The minimum absolute atomic E-state index is 0.381. The average molecular weight is 465 g/mol. The highest BCUT2D eigenvalue weighted by Crippen LogP contribution is 2.35. The van der Waals surface area contributed by atoms with Crippen molar-refractivity contribution in [1.82, 2.24) is 20.2 Å². The predicted octanol–water partition coefficient (Wildman–Crippen LogP) is 5.55. The summed E-state index contributed by atoms with van der Waals surface area (Å²) < 4.78 is 6.14. The van der Waals surface area contributed by atoms with Gasteiger partial charge in [0.05, 0.1) is 21.1 Å². The van der Waals surface area contributed by atoms with E-state index >= 15 is 0 Å². The van der Waals surface area contributed by atoms with E-state index in [1.807, 2.05) is 31.2 Å². The second kappa shape index (κ2) is 8.30. The molecule has 3 aromatic heterocycles. The number of nitriles is 1. The zero-order valence-corrected chi connectivity index (χ0v) is 18.7. The maximum atomic E-state index is 9.63. The molecule has 160 valence electrons. The van der Waals surface area contributed by atoms with Gasteiger partial charge >= 0.3 is 0 Å². The van der Waals surface area contributed by atoms with Crippen molar-refractivity contribution in [2.75, 3.05) is 18.0 Å². The summed E-state index contributed by atoms with van der Waals surface area (Å²) in [6.45, 7) is 3.73. The number of benzene rings is 1. The molecule has 1 fully saturated rings. The summed E-state index contributed by atoms with van der Waals surface area (Å²) in [5.41, 5.74) is 3.55. The Kier molecular flexibility index (Phi) is 5.33. The lowest BCUT2D eigenvalue weighted by atomic mass is 10.1. The number of H-pyrrole nitrogens is 1. The molecule has 0 bridgehead atoms. The van der Waals surface area contributed by atoms with Crippen LogP contribution in [0.15, 0.2) is 42.9 Å². The zero-order valence-electron chi connectivity index (χ0n) is 17.1. The van der Waals surface area contributed by atoms with E-state index in [4.69, 9.17) is 27.9 Å². The fourth-order valence-corrected chi connectivity index (χ4v) is 4.48. The largest absolute Gasteiger partial charge is 0.486 e. The topological polar surface area (TPSA) is 90.7 Å². The van der Waals surface area contributed by atoms with E-state index in [-0.39, 0.29) is 6.10 Å². The van der Waals surface area contributed by atoms with Crippen LogP contribution in [0.1, 0.15) is 30.6 Å². The Morgan fingerprint density at radius 2 is 1.94 bits per heavy atom. The molecule has 4 heterocycles. The average Bonchev–Trinajstić information content (AvgIpc) is 3.16. The SMILES string of the molecule is C[C@@H](Oc1ccc2[nH]nc(-c3cnc(N4CCC4)c(C#N)c3)c2c1)c1c(Cl)cncc1Cl. The highest BCUT2D eigenvalue weighted by atomic mass is 35.5. The van der Waals surface area contributed by atoms with Gasteiger partial charge in [0.25, 0.3) is 0 Å². The Bertz CT molecular complexity index is 1340. The van der Waals surface area contributed by atoms with Crippen LogP contribution >= 0.6 is 23.2 Å². The Labute approximate surface area is 194 Å². The summed E-state index contributed by atoms with van der Waals surface area (Å²) in [5.74, 6) is 1.37.